The Labute approximate surface area is 269 Å². The van der Waals surface area contributed by atoms with Gasteiger partial charge in [-0.3, -0.25) is 9.59 Å². The third kappa shape index (κ3) is 5.97. The highest BCUT2D eigenvalue weighted by Crippen LogP contribution is 2.62. The fourth-order valence-electron chi connectivity index (χ4n) is 8.35. The van der Waals surface area contributed by atoms with Crippen molar-refractivity contribution in [1.29, 1.82) is 0 Å². The number of benzene rings is 1. The van der Waals surface area contributed by atoms with Crippen molar-refractivity contribution in [3.05, 3.63) is 29.8 Å². The molecule has 4 aliphatic rings. The van der Waals surface area contributed by atoms with Crippen LogP contribution in [-0.2, 0) is 25.0 Å². The number of pyridine rings is 1. The van der Waals surface area contributed by atoms with Crippen LogP contribution in [0.25, 0.3) is 10.9 Å². The van der Waals surface area contributed by atoms with E-state index in [0.717, 1.165) is 12.8 Å². The SMILES string of the molecule is COc1ccc2cc3c(nc2c1)O[C@H]1CN(C(=O)[C@H](C(C)(C)C)CC(=O)O[C@]2(C)CC4CC4[C@H]2CCCCC3(F)F)[C@H](C=O)[C@@H]1C. The average Bonchev–Trinajstić information content (AvgIpc) is 3.57. The highest BCUT2D eigenvalue weighted by molar-refractivity contribution is 5.87. The first-order valence-electron chi connectivity index (χ1n) is 16.7. The maximum absolute atomic E-state index is 16.2. The van der Waals surface area contributed by atoms with Crippen LogP contribution in [-0.4, -0.2) is 59.4 Å². The normalized spacial score (nSPS) is 34.8. The smallest absolute Gasteiger partial charge is 0.307 e. The molecule has 10 heteroatoms. The molecule has 2 aliphatic heterocycles. The molecule has 46 heavy (non-hydrogen) atoms. The van der Waals surface area contributed by atoms with Gasteiger partial charge in [-0.2, -0.15) is 0 Å². The van der Waals surface area contributed by atoms with Crippen LogP contribution in [0.3, 0.4) is 0 Å². The molecule has 3 fully saturated rings. The van der Waals surface area contributed by atoms with Gasteiger partial charge in [0, 0.05) is 29.7 Å². The third-order valence-corrected chi connectivity index (χ3v) is 11.2. The molecule has 2 unspecified atom stereocenters. The summed E-state index contributed by atoms with van der Waals surface area (Å²) in [5.74, 6) is -3.95. The van der Waals surface area contributed by atoms with Crippen molar-refractivity contribution in [1.82, 2.24) is 9.88 Å². The summed E-state index contributed by atoms with van der Waals surface area (Å²) in [4.78, 5) is 46.2. The first-order chi connectivity index (χ1) is 21.6. The summed E-state index contributed by atoms with van der Waals surface area (Å²) in [6, 6.07) is 5.66. The summed E-state index contributed by atoms with van der Waals surface area (Å²) in [5, 5.41) is 0.531. The van der Waals surface area contributed by atoms with E-state index in [1.165, 1.54) is 18.1 Å². The number of rotatable bonds is 2. The van der Waals surface area contributed by atoms with Crippen molar-refractivity contribution < 1.29 is 37.4 Å². The van der Waals surface area contributed by atoms with Gasteiger partial charge in [-0.25, -0.2) is 13.8 Å². The van der Waals surface area contributed by atoms with E-state index in [2.05, 4.69) is 4.98 Å². The molecule has 1 saturated heterocycles. The molecule has 6 rings (SSSR count). The number of ether oxygens (including phenoxy) is 3. The van der Waals surface area contributed by atoms with Gasteiger partial charge in [-0.05, 0) is 68.1 Å². The van der Waals surface area contributed by atoms with E-state index < -0.39 is 46.9 Å². The van der Waals surface area contributed by atoms with Crippen molar-refractivity contribution in [2.24, 2.45) is 35.0 Å². The number of aldehydes is 1. The van der Waals surface area contributed by atoms with Gasteiger partial charge in [0.2, 0.25) is 11.8 Å². The number of methoxy groups -OCH3 is 1. The highest BCUT2D eigenvalue weighted by atomic mass is 19.3. The van der Waals surface area contributed by atoms with E-state index in [4.69, 9.17) is 14.2 Å². The molecule has 2 aliphatic carbocycles. The lowest BCUT2D eigenvalue weighted by atomic mass is 9.77. The molecule has 1 aromatic heterocycles. The summed E-state index contributed by atoms with van der Waals surface area (Å²) in [6.07, 6.45) is 2.81. The van der Waals surface area contributed by atoms with E-state index in [9.17, 15) is 14.4 Å². The van der Waals surface area contributed by atoms with E-state index in [0.29, 0.717) is 47.6 Å². The van der Waals surface area contributed by atoms with Crippen molar-refractivity contribution in [2.45, 2.75) is 103 Å². The Morgan fingerprint density at radius 3 is 2.61 bits per heavy atom. The van der Waals surface area contributed by atoms with Gasteiger partial charge in [-0.1, -0.05) is 34.1 Å². The lowest BCUT2D eigenvalue weighted by Gasteiger charge is -2.37. The number of carbonyl (C=O) groups excluding carboxylic acids is 3. The number of halogens is 2. The van der Waals surface area contributed by atoms with Gasteiger partial charge in [0.1, 0.15) is 23.7 Å². The molecule has 2 bridgehead atoms. The largest absolute Gasteiger partial charge is 0.497 e. The minimum absolute atomic E-state index is 0.00295. The molecule has 2 saturated carbocycles. The predicted molar refractivity (Wildman–Crippen MR) is 168 cm³/mol. The molecule has 3 heterocycles. The predicted octanol–water partition coefficient (Wildman–Crippen LogP) is 6.71. The van der Waals surface area contributed by atoms with Gasteiger partial charge in [0.15, 0.2) is 0 Å². The van der Waals surface area contributed by atoms with Crippen LogP contribution < -0.4 is 9.47 Å². The van der Waals surface area contributed by atoms with Crippen molar-refractivity contribution in [2.75, 3.05) is 13.7 Å². The van der Waals surface area contributed by atoms with E-state index in [1.807, 2.05) is 27.7 Å². The monoisotopic (exact) mass is 640 g/mol. The fraction of sp³-hybridized carbons (Fsp3) is 0.667. The lowest BCUT2D eigenvalue weighted by molar-refractivity contribution is -0.168. The average molecular weight is 641 g/mol. The third-order valence-electron chi connectivity index (χ3n) is 11.2. The number of carbonyl (C=O) groups is 3. The lowest BCUT2D eigenvalue weighted by Crippen LogP contribution is -2.47. The first kappa shape index (κ1) is 32.6. The quantitative estimate of drug-likeness (QED) is 0.266. The number of amides is 1. The zero-order valence-electron chi connectivity index (χ0n) is 27.7. The van der Waals surface area contributed by atoms with Crippen molar-refractivity contribution >= 4 is 29.1 Å². The number of aromatic nitrogens is 1. The van der Waals surface area contributed by atoms with Gasteiger partial charge in [-0.15, -0.1) is 0 Å². The van der Waals surface area contributed by atoms with E-state index in [-0.39, 0.29) is 49.1 Å². The number of fused-ring (bicyclic) bond motifs is 7. The van der Waals surface area contributed by atoms with Crippen LogP contribution in [0.5, 0.6) is 11.6 Å². The minimum atomic E-state index is -3.24. The standard InChI is InChI=1S/C36H46F2N2O6/c1-20-29(19-41)40-18-30(20)45-32-26(14-21-10-11-23(44-6)15-28(21)39-32)36(37,38)12-8-7-9-25-24-13-22(24)17-35(25,5)46-31(42)16-27(33(40)43)34(2,3)4/h10-11,14-15,19-20,22,24-25,27,29-30H,7-9,12-13,16-18H2,1-6H3/t20-,22?,24?,25+,27+,29+,30-,35+/m0/s1. The van der Waals surface area contributed by atoms with Crippen molar-refractivity contribution in [3.63, 3.8) is 0 Å². The fourth-order valence-corrected chi connectivity index (χ4v) is 8.35. The number of alkyl halides is 2. The molecule has 250 valence electrons. The summed E-state index contributed by atoms with van der Waals surface area (Å²) in [7, 11) is 1.52. The molecular weight excluding hydrogens is 594 g/mol. The van der Waals surface area contributed by atoms with Crippen molar-refractivity contribution in [3.8, 4) is 11.6 Å². The second kappa shape index (κ2) is 11.7. The molecule has 2 aromatic rings. The Morgan fingerprint density at radius 1 is 1.15 bits per heavy atom. The van der Waals surface area contributed by atoms with Gasteiger partial charge < -0.3 is 23.9 Å². The van der Waals surface area contributed by atoms with Crippen LogP contribution in [0.15, 0.2) is 24.3 Å². The molecule has 0 N–H and O–H groups in total. The zero-order valence-corrected chi connectivity index (χ0v) is 27.7. The highest BCUT2D eigenvalue weighted by Gasteiger charge is 2.60. The summed E-state index contributed by atoms with van der Waals surface area (Å²) >= 11 is 0. The Morgan fingerprint density at radius 2 is 1.91 bits per heavy atom. The Balaban J connectivity index is 1.41. The number of hydrogen-bond acceptors (Lipinski definition) is 7. The molecule has 1 aromatic carbocycles. The Bertz CT molecular complexity index is 1520. The van der Waals surface area contributed by atoms with Crippen LogP contribution in [0.1, 0.15) is 85.1 Å². The summed E-state index contributed by atoms with van der Waals surface area (Å²) < 4.78 is 50.2. The number of esters is 1. The molecule has 1 amide bonds. The second-order valence-corrected chi connectivity index (χ2v) is 15.4. The number of hydrogen-bond donors (Lipinski definition) is 0. The van der Waals surface area contributed by atoms with E-state index in [1.54, 1.807) is 25.1 Å². The topological polar surface area (TPSA) is 95.0 Å². The molecular formula is C36H46F2N2O6. The molecule has 0 spiro atoms. The van der Waals surface area contributed by atoms with Crippen LogP contribution in [0.2, 0.25) is 0 Å². The van der Waals surface area contributed by atoms with Gasteiger partial charge in [0.25, 0.3) is 5.92 Å². The van der Waals surface area contributed by atoms with Gasteiger partial charge >= 0.3 is 5.97 Å². The number of nitrogens with zero attached hydrogens (tertiary/aromatic N) is 2. The zero-order chi connectivity index (χ0) is 33.2. The Hall–Kier alpha value is -3.30. The maximum atomic E-state index is 16.2. The van der Waals surface area contributed by atoms with Crippen LogP contribution in [0.4, 0.5) is 8.78 Å². The maximum Gasteiger partial charge on any atom is 0.307 e. The Kier molecular flexibility index (Phi) is 8.33. The van der Waals surface area contributed by atoms with Gasteiger partial charge in [0.05, 0.1) is 43.1 Å². The summed E-state index contributed by atoms with van der Waals surface area (Å²) in [5.41, 5.74) is -1.17. The van der Waals surface area contributed by atoms with Crippen LogP contribution >= 0.6 is 0 Å². The summed E-state index contributed by atoms with van der Waals surface area (Å²) in [6.45, 7) is 9.43. The first-order valence-corrected chi connectivity index (χ1v) is 16.7. The molecule has 0 radical (unpaired) electrons. The van der Waals surface area contributed by atoms with Crippen LogP contribution in [0, 0.1) is 35.0 Å². The molecule has 8 nitrogen and oxygen atoms in total. The van der Waals surface area contributed by atoms with E-state index >= 15 is 8.78 Å². The molecule has 8 atom stereocenters. The second-order valence-electron chi connectivity index (χ2n) is 15.4. The minimum Gasteiger partial charge on any atom is -0.497 e.